The second-order valence-electron chi connectivity index (χ2n) is 7.88. The van der Waals surface area contributed by atoms with E-state index in [0.717, 1.165) is 16.7 Å². The number of fused-ring (bicyclic) bond motifs is 1. The highest BCUT2D eigenvalue weighted by Gasteiger charge is 2.36. The lowest BCUT2D eigenvalue weighted by Crippen LogP contribution is -2.41. The number of amides is 1. The lowest BCUT2D eigenvalue weighted by atomic mass is 9.86. The highest BCUT2D eigenvalue weighted by molar-refractivity contribution is 5.99. The molecule has 4 rings (SSSR count). The van der Waals surface area contributed by atoms with Crippen LogP contribution in [0.3, 0.4) is 0 Å². The molecule has 176 valence electrons. The third kappa shape index (κ3) is 4.62. The Morgan fingerprint density at radius 2 is 1.53 bits per heavy atom. The number of anilines is 1. The number of esters is 1. The fourth-order valence-electron chi connectivity index (χ4n) is 4.32. The minimum Gasteiger partial charge on any atom is -0.490 e. The van der Waals surface area contributed by atoms with Gasteiger partial charge in [0.2, 0.25) is 5.91 Å². The highest BCUT2D eigenvalue weighted by Crippen LogP contribution is 2.43. The number of nitrogens with zero attached hydrogens (tertiary/aromatic N) is 1. The zero-order chi connectivity index (χ0) is 24.1. The van der Waals surface area contributed by atoms with Gasteiger partial charge in [-0.3, -0.25) is 4.79 Å². The molecule has 0 radical (unpaired) electrons. The fraction of sp³-hybridized carbons (Fsp3) is 0.286. The third-order valence-corrected chi connectivity index (χ3v) is 5.74. The summed E-state index contributed by atoms with van der Waals surface area (Å²) in [6.07, 6.45) is 0.241. The number of carbonyl (C=O) groups excluding carboxylic acids is 2. The summed E-state index contributed by atoms with van der Waals surface area (Å²) < 4.78 is 16.8. The van der Waals surface area contributed by atoms with Gasteiger partial charge in [-0.15, -0.1) is 0 Å². The van der Waals surface area contributed by atoms with Crippen LogP contribution in [0.2, 0.25) is 0 Å². The van der Waals surface area contributed by atoms with Crippen LogP contribution in [0.15, 0.2) is 66.7 Å². The molecular formula is C28H29NO5. The zero-order valence-electron chi connectivity index (χ0n) is 19.7. The van der Waals surface area contributed by atoms with Crippen molar-refractivity contribution in [3.8, 4) is 11.5 Å². The molecular weight excluding hydrogens is 430 g/mol. The number of hydrogen-bond donors (Lipinski definition) is 0. The van der Waals surface area contributed by atoms with E-state index in [-0.39, 0.29) is 24.3 Å². The maximum atomic E-state index is 13.5. The molecule has 1 aliphatic heterocycles. The molecule has 0 unspecified atom stereocenters. The van der Waals surface area contributed by atoms with Crippen LogP contribution in [0.25, 0.3) is 0 Å². The van der Waals surface area contributed by atoms with E-state index in [1.54, 1.807) is 36.1 Å². The first-order chi connectivity index (χ1) is 16.6. The van der Waals surface area contributed by atoms with Gasteiger partial charge in [-0.25, -0.2) is 4.79 Å². The van der Waals surface area contributed by atoms with E-state index < -0.39 is 0 Å². The topological polar surface area (TPSA) is 65.1 Å². The van der Waals surface area contributed by atoms with Crippen LogP contribution in [-0.2, 0) is 16.0 Å². The quantitative estimate of drug-likeness (QED) is 0.426. The van der Waals surface area contributed by atoms with Crippen LogP contribution in [0.4, 0.5) is 5.69 Å². The van der Waals surface area contributed by atoms with Crippen LogP contribution >= 0.6 is 0 Å². The molecule has 3 aromatic carbocycles. The molecule has 0 saturated heterocycles. The summed E-state index contributed by atoms with van der Waals surface area (Å²) in [4.78, 5) is 27.4. The van der Waals surface area contributed by atoms with Gasteiger partial charge in [-0.1, -0.05) is 30.3 Å². The predicted molar refractivity (Wildman–Crippen MR) is 131 cm³/mol. The van der Waals surface area contributed by atoms with Crippen molar-refractivity contribution in [2.75, 3.05) is 24.7 Å². The second-order valence-corrected chi connectivity index (χ2v) is 7.88. The first-order valence-electron chi connectivity index (χ1n) is 11.6. The largest absolute Gasteiger partial charge is 0.490 e. The smallest absolute Gasteiger partial charge is 0.338 e. The average Bonchev–Trinajstić information content (AvgIpc) is 2.85. The molecule has 0 saturated carbocycles. The van der Waals surface area contributed by atoms with Gasteiger partial charge in [0.15, 0.2) is 11.5 Å². The number of rotatable bonds is 8. The molecule has 0 bridgehead atoms. The van der Waals surface area contributed by atoms with E-state index in [1.165, 1.54) is 0 Å². The minimum absolute atomic E-state index is 0.0307. The van der Waals surface area contributed by atoms with Crippen molar-refractivity contribution in [3.63, 3.8) is 0 Å². The Bertz CT molecular complexity index is 1160. The average molecular weight is 460 g/mol. The van der Waals surface area contributed by atoms with Crippen molar-refractivity contribution in [3.05, 3.63) is 89.0 Å². The van der Waals surface area contributed by atoms with Crippen LogP contribution < -0.4 is 14.4 Å². The summed E-state index contributed by atoms with van der Waals surface area (Å²) in [7, 11) is 0. The van der Waals surface area contributed by atoms with Crippen molar-refractivity contribution in [1.29, 1.82) is 0 Å². The van der Waals surface area contributed by atoms with Crippen molar-refractivity contribution in [2.24, 2.45) is 0 Å². The zero-order valence-corrected chi connectivity index (χ0v) is 19.7. The van der Waals surface area contributed by atoms with E-state index in [0.29, 0.717) is 42.6 Å². The van der Waals surface area contributed by atoms with E-state index >= 15 is 0 Å². The molecule has 0 aliphatic carbocycles. The van der Waals surface area contributed by atoms with E-state index in [2.05, 4.69) is 0 Å². The first kappa shape index (κ1) is 23.4. The van der Waals surface area contributed by atoms with Gasteiger partial charge < -0.3 is 19.1 Å². The summed E-state index contributed by atoms with van der Waals surface area (Å²) in [5, 5.41) is 0. The lowest BCUT2D eigenvalue weighted by molar-refractivity contribution is -0.118. The van der Waals surface area contributed by atoms with Gasteiger partial charge in [0.25, 0.3) is 0 Å². The Morgan fingerprint density at radius 1 is 0.882 bits per heavy atom. The standard InChI is InChI=1S/C28H29NO5/c1-4-32-24-16-21-17-26(30)29(22-14-12-20(13-15-22)28(31)34-6-3)27(19-10-8-7-9-11-19)23(21)18-25(24)33-5-2/h7-16,18,27H,4-6,17H2,1-3H3/t27-/m1/s1. The molecule has 0 aromatic heterocycles. The molecule has 1 amide bonds. The molecule has 3 aromatic rings. The van der Waals surface area contributed by atoms with Crippen molar-refractivity contribution < 1.29 is 23.8 Å². The summed E-state index contributed by atoms with van der Waals surface area (Å²) in [5.41, 5.74) is 4.06. The van der Waals surface area contributed by atoms with Crippen LogP contribution in [0.1, 0.15) is 53.9 Å². The highest BCUT2D eigenvalue weighted by atomic mass is 16.5. The number of benzene rings is 3. The van der Waals surface area contributed by atoms with Crippen molar-refractivity contribution in [1.82, 2.24) is 0 Å². The van der Waals surface area contributed by atoms with Crippen molar-refractivity contribution in [2.45, 2.75) is 33.2 Å². The maximum Gasteiger partial charge on any atom is 0.338 e. The summed E-state index contributed by atoms with van der Waals surface area (Å²) in [5.74, 6) is 0.900. The van der Waals surface area contributed by atoms with Gasteiger partial charge >= 0.3 is 5.97 Å². The van der Waals surface area contributed by atoms with Gasteiger partial charge in [0.1, 0.15) is 0 Å². The van der Waals surface area contributed by atoms with Gasteiger partial charge in [0, 0.05) is 5.69 Å². The Morgan fingerprint density at radius 3 is 2.15 bits per heavy atom. The summed E-state index contributed by atoms with van der Waals surface area (Å²) in [6.45, 7) is 6.96. The lowest BCUT2D eigenvalue weighted by Gasteiger charge is -2.38. The molecule has 1 aliphatic rings. The second kappa shape index (κ2) is 10.4. The first-order valence-corrected chi connectivity index (χ1v) is 11.6. The van der Waals surface area contributed by atoms with E-state index in [4.69, 9.17) is 14.2 Å². The molecule has 0 fully saturated rings. The monoisotopic (exact) mass is 459 g/mol. The Kier molecular flexibility index (Phi) is 7.16. The van der Waals surface area contributed by atoms with Crippen LogP contribution in [0, 0.1) is 0 Å². The molecule has 6 nitrogen and oxygen atoms in total. The molecule has 0 spiro atoms. The van der Waals surface area contributed by atoms with Crippen LogP contribution in [-0.4, -0.2) is 31.7 Å². The summed E-state index contributed by atoms with van der Waals surface area (Å²) in [6, 6.07) is 20.5. The Hall–Kier alpha value is -3.80. The summed E-state index contributed by atoms with van der Waals surface area (Å²) >= 11 is 0. The number of hydrogen-bond acceptors (Lipinski definition) is 5. The predicted octanol–water partition coefficient (Wildman–Crippen LogP) is 5.34. The third-order valence-electron chi connectivity index (χ3n) is 5.74. The molecule has 34 heavy (non-hydrogen) atoms. The Labute approximate surface area is 200 Å². The number of carbonyl (C=O) groups is 2. The van der Waals surface area contributed by atoms with E-state index in [9.17, 15) is 9.59 Å². The maximum absolute atomic E-state index is 13.5. The molecule has 6 heteroatoms. The number of ether oxygens (including phenoxy) is 3. The normalized spacial score (nSPS) is 15.0. The van der Waals surface area contributed by atoms with Crippen molar-refractivity contribution >= 4 is 17.6 Å². The molecule has 1 heterocycles. The van der Waals surface area contributed by atoms with Gasteiger partial charge in [0.05, 0.1) is 37.8 Å². The Balaban J connectivity index is 1.83. The molecule has 0 N–H and O–H groups in total. The SMILES string of the molecule is CCOC(=O)c1ccc(N2C(=O)Cc3cc(OCC)c(OCC)cc3[C@H]2c2ccccc2)cc1. The van der Waals surface area contributed by atoms with Crippen LogP contribution in [0.5, 0.6) is 11.5 Å². The van der Waals surface area contributed by atoms with Gasteiger partial charge in [-0.2, -0.15) is 0 Å². The fourth-order valence-corrected chi connectivity index (χ4v) is 4.32. The van der Waals surface area contributed by atoms with Gasteiger partial charge in [-0.05, 0) is 73.9 Å². The minimum atomic E-state index is -0.381. The van der Waals surface area contributed by atoms with E-state index in [1.807, 2.05) is 56.3 Å². The molecule has 1 atom stereocenters.